The van der Waals surface area contributed by atoms with Gasteiger partial charge in [-0.1, -0.05) is 158 Å². The summed E-state index contributed by atoms with van der Waals surface area (Å²) in [6.45, 7) is 16.6. The van der Waals surface area contributed by atoms with E-state index in [4.69, 9.17) is 4.42 Å². The summed E-state index contributed by atoms with van der Waals surface area (Å²) in [5, 5.41) is 10.1. The molecule has 360 valence electrons. The monoisotopic (exact) mass is 975 g/mol. The summed E-state index contributed by atoms with van der Waals surface area (Å²) in [7, 11) is 0.783. The summed E-state index contributed by atoms with van der Waals surface area (Å²) in [6.07, 6.45) is 2.29. The maximum Gasteiger partial charge on any atom is 0.211 e. The van der Waals surface area contributed by atoms with Crippen LogP contribution >= 0.6 is 11.3 Å². The zero-order valence-electron chi connectivity index (χ0n) is 43.2. The number of fused-ring (bicyclic) bond motifs is 12. The second-order valence-electron chi connectivity index (χ2n) is 23.2. The average Bonchev–Trinajstić information content (AvgIpc) is 4.09. The van der Waals surface area contributed by atoms with E-state index in [1.54, 1.807) is 0 Å². The van der Waals surface area contributed by atoms with E-state index in [0.29, 0.717) is 0 Å². The van der Waals surface area contributed by atoms with E-state index < -0.39 is 0 Å². The van der Waals surface area contributed by atoms with Crippen molar-refractivity contribution in [2.24, 2.45) is 0 Å². The van der Waals surface area contributed by atoms with Crippen LogP contribution in [0.15, 0.2) is 192 Å². The lowest BCUT2D eigenvalue weighted by Gasteiger charge is -2.42. The van der Waals surface area contributed by atoms with Gasteiger partial charge in [0.1, 0.15) is 11.2 Å². The normalized spacial score (nSPS) is 14.6. The van der Waals surface area contributed by atoms with E-state index in [2.05, 4.69) is 251 Å². The van der Waals surface area contributed by atoms with Crippen LogP contribution in [0.3, 0.4) is 0 Å². The molecule has 0 amide bonds. The Labute approximate surface area is 438 Å². The number of hydrogen-bond donors (Lipinski definition) is 1. The third kappa shape index (κ3) is 6.94. The van der Waals surface area contributed by atoms with Gasteiger partial charge >= 0.3 is 0 Å². The van der Waals surface area contributed by atoms with E-state index in [0.717, 1.165) is 76.1 Å². The Kier molecular flexibility index (Phi) is 9.92. The van der Waals surface area contributed by atoms with Crippen molar-refractivity contribution < 1.29 is 4.42 Å². The summed E-state index contributed by atoms with van der Waals surface area (Å²) in [6, 6.07) is 69.4. The number of hydrogen-bond acceptors (Lipinski definition) is 4. The zero-order chi connectivity index (χ0) is 50.3. The Morgan fingerprint density at radius 3 is 1.93 bits per heavy atom. The fraction of sp³-hybridized carbons (Fsp3) is 0.176. The van der Waals surface area contributed by atoms with Crippen LogP contribution in [-0.4, -0.2) is 11.8 Å². The van der Waals surface area contributed by atoms with Crippen LogP contribution in [-0.2, 0) is 16.2 Å². The molecular weight excluding hydrogens is 918 g/mol. The summed E-state index contributed by atoms with van der Waals surface area (Å²) in [5.41, 5.74) is 21.4. The maximum atomic E-state index is 7.39. The molecule has 0 bridgehead atoms. The van der Waals surface area contributed by atoms with Gasteiger partial charge in [-0.15, -0.1) is 11.3 Å². The van der Waals surface area contributed by atoms with Gasteiger partial charge in [0.2, 0.25) is 7.28 Å². The van der Waals surface area contributed by atoms with Crippen LogP contribution in [0, 0.1) is 0 Å². The molecule has 0 saturated heterocycles. The van der Waals surface area contributed by atoms with Crippen LogP contribution in [0.1, 0.15) is 78.0 Å². The van der Waals surface area contributed by atoms with Gasteiger partial charge < -0.3 is 19.2 Å². The summed E-state index contributed by atoms with van der Waals surface area (Å²) in [5.74, 6) is 0. The predicted molar refractivity (Wildman–Crippen MR) is 319 cm³/mol. The molecule has 1 aliphatic carbocycles. The molecule has 4 nitrogen and oxygen atoms in total. The lowest BCUT2D eigenvalue weighted by Crippen LogP contribution is -2.35. The lowest BCUT2D eigenvalue weighted by atomic mass is 9.62. The van der Waals surface area contributed by atoms with E-state index >= 15 is 0 Å². The molecule has 0 unspecified atom stereocenters. The quantitative estimate of drug-likeness (QED) is 0.162. The third-order valence-electron chi connectivity index (χ3n) is 16.6. The SMILES string of the molecule is CC(C)(C)c1ccc(Nc2cc(N(c3ccccc3)c3ccccc3)ccc2-c2c3c4c(c5cc6c(cc5n4-c4c(sc5ccc(-c7ccccc7)cc45)B3)C(C)(C)CCC6(C)C)c3oc4ccccc4c23)cc1. The number of anilines is 5. The van der Waals surface area contributed by atoms with Gasteiger partial charge in [-0.05, 0) is 152 Å². The van der Waals surface area contributed by atoms with Gasteiger partial charge in [0.25, 0.3) is 0 Å². The third-order valence-corrected chi connectivity index (χ3v) is 17.7. The van der Waals surface area contributed by atoms with E-state index in [1.165, 1.54) is 81.2 Å². The molecule has 0 atom stereocenters. The molecule has 6 heteroatoms. The Balaban J connectivity index is 1.12. The zero-order valence-corrected chi connectivity index (χ0v) is 44.0. The van der Waals surface area contributed by atoms with Gasteiger partial charge in [-0.3, -0.25) is 0 Å². The standard InChI is InChI=1S/C68H58BN3OS/c1-66(2,3)43-28-30-44(31-29-43)70-54-38-47(71(45-21-13-9-14-22-45)46-23-15-10-16-24-46)32-33-48(54)58-59-49-25-17-18-26-56(49)73-64(59)60-50-39-52-53(68(6,7)36-35-67(52,4)5)40-55(50)72-62-51-37-42(41-19-11-8-12-20-41)27-34-57(51)74-65(62)69-61(58)63(60)72/h8-34,37-40,69-70H,35-36H2,1-7H3. The Hall–Kier alpha value is -7.80. The highest BCUT2D eigenvalue weighted by atomic mass is 32.1. The number of aromatic nitrogens is 1. The predicted octanol–water partition coefficient (Wildman–Crippen LogP) is 17.8. The molecular formula is C68H58BN3OS. The summed E-state index contributed by atoms with van der Waals surface area (Å²) < 4.78 is 12.8. The number of benzene rings is 9. The van der Waals surface area contributed by atoms with Crippen molar-refractivity contribution in [3.05, 3.63) is 205 Å². The van der Waals surface area contributed by atoms with Crippen molar-refractivity contribution in [1.29, 1.82) is 0 Å². The molecule has 74 heavy (non-hydrogen) atoms. The fourth-order valence-corrected chi connectivity index (χ4v) is 13.8. The van der Waals surface area contributed by atoms with Crippen molar-refractivity contribution in [3.8, 4) is 27.9 Å². The van der Waals surface area contributed by atoms with Gasteiger partial charge in [0.15, 0.2) is 0 Å². The van der Waals surface area contributed by atoms with Crippen molar-refractivity contribution in [1.82, 2.24) is 4.57 Å². The van der Waals surface area contributed by atoms with Crippen LogP contribution in [0.2, 0.25) is 0 Å². The molecule has 0 fully saturated rings. The minimum atomic E-state index is 0.0218. The van der Waals surface area contributed by atoms with Crippen LogP contribution in [0.4, 0.5) is 28.4 Å². The molecule has 1 aliphatic heterocycles. The summed E-state index contributed by atoms with van der Waals surface area (Å²) in [4.78, 5) is 2.36. The summed E-state index contributed by atoms with van der Waals surface area (Å²) >= 11 is 1.95. The van der Waals surface area contributed by atoms with E-state index in [1.807, 2.05) is 11.3 Å². The maximum absolute atomic E-state index is 7.39. The van der Waals surface area contributed by atoms with Gasteiger partial charge in [0.05, 0.1) is 22.1 Å². The minimum absolute atomic E-state index is 0.0218. The van der Waals surface area contributed by atoms with Crippen molar-refractivity contribution in [2.75, 3.05) is 10.2 Å². The number of nitrogens with one attached hydrogen (secondary N) is 1. The molecule has 9 aromatic carbocycles. The number of furan rings is 1. The molecule has 1 N–H and O–H groups in total. The molecule has 2 aliphatic rings. The van der Waals surface area contributed by atoms with Crippen LogP contribution in [0.5, 0.6) is 0 Å². The lowest BCUT2D eigenvalue weighted by molar-refractivity contribution is 0.332. The number of para-hydroxylation sites is 3. The highest BCUT2D eigenvalue weighted by Gasteiger charge is 2.40. The van der Waals surface area contributed by atoms with Gasteiger partial charge in [-0.2, -0.15) is 0 Å². The van der Waals surface area contributed by atoms with Crippen molar-refractivity contribution >= 4 is 111 Å². The van der Waals surface area contributed by atoms with Crippen LogP contribution in [0.25, 0.3) is 81.8 Å². The second kappa shape index (κ2) is 16.4. The Morgan fingerprint density at radius 1 is 0.595 bits per heavy atom. The smallest absolute Gasteiger partial charge is 0.211 e. The number of thiophene rings is 1. The molecule has 0 spiro atoms. The average molecular weight is 976 g/mol. The topological polar surface area (TPSA) is 33.3 Å². The first-order valence-electron chi connectivity index (χ1n) is 26.3. The van der Waals surface area contributed by atoms with Crippen molar-refractivity contribution in [2.45, 2.75) is 77.6 Å². The van der Waals surface area contributed by atoms with E-state index in [9.17, 15) is 0 Å². The molecule has 0 saturated carbocycles. The van der Waals surface area contributed by atoms with E-state index in [-0.39, 0.29) is 16.2 Å². The van der Waals surface area contributed by atoms with Gasteiger partial charge in [0, 0.05) is 60.2 Å². The first kappa shape index (κ1) is 44.9. The van der Waals surface area contributed by atoms with Crippen LogP contribution < -0.4 is 20.5 Å². The largest absolute Gasteiger partial charge is 0.455 e. The van der Waals surface area contributed by atoms with Crippen molar-refractivity contribution in [3.63, 3.8) is 0 Å². The Bertz CT molecular complexity index is 4170. The molecule has 0 radical (unpaired) electrons. The highest BCUT2D eigenvalue weighted by Crippen LogP contribution is 2.53. The first-order chi connectivity index (χ1) is 35.8. The molecule has 4 heterocycles. The first-order valence-corrected chi connectivity index (χ1v) is 27.2. The molecule has 14 rings (SSSR count). The molecule has 12 aromatic rings. The minimum Gasteiger partial charge on any atom is -0.455 e. The van der Waals surface area contributed by atoms with Gasteiger partial charge in [-0.25, -0.2) is 0 Å². The Morgan fingerprint density at radius 2 is 1.24 bits per heavy atom. The second-order valence-corrected chi connectivity index (χ2v) is 24.4. The molecule has 3 aromatic heterocycles. The number of rotatable bonds is 7. The fourth-order valence-electron chi connectivity index (χ4n) is 12.6. The number of nitrogens with zero attached hydrogens (tertiary/aromatic N) is 2. The highest BCUT2D eigenvalue weighted by molar-refractivity contribution is 7.29.